The van der Waals surface area contributed by atoms with Gasteiger partial charge in [-0.25, -0.2) is 0 Å². The van der Waals surface area contributed by atoms with Crippen molar-refractivity contribution < 1.29 is 4.74 Å². The van der Waals surface area contributed by atoms with Crippen molar-refractivity contribution in [2.45, 2.75) is 57.6 Å². The van der Waals surface area contributed by atoms with Crippen LogP contribution in [0.15, 0.2) is 29.4 Å². The van der Waals surface area contributed by atoms with E-state index in [1.165, 1.54) is 54.1 Å². The molecule has 2 heterocycles. The first kappa shape index (κ1) is 21.0. The first-order valence-electron chi connectivity index (χ1n) is 10.9. The highest BCUT2D eigenvalue weighted by molar-refractivity contribution is 14.0. The van der Waals surface area contributed by atoms with Crippen molar-refractivity contribution in [1.29, 1.82) is 0 Å². The van der Waals surface area contributed by atoms with E-state index in [1.54, 1.807) is 0 Å². The zero-order valence-corrected chi connectivity index (χ0v) is 19.8. The van der Waals surface area contributed by atoms with Gasteiger partial charge in [-0.05, 0) is 49.8 Å². The molecule has 1 spiro atoms. The molecule has 3 fully saturated rings. The van der Waals surface area contributed by atoms with Crippen LogP contribution in [0.4, 0.5) is 0 Å². The fourth-order valence-corrected chi connectivity index (χ4v) is 6.07. The van der Waals surface area contributed by atoms with E-state index in [4.69, 9.17) is 4.74 Å². The quantitative estimate of drug-likeness (QED) is 0.331. The predicted molar refractivity (Wildman–Crippen MR) is 129 cm³/mol. The molecule has 1 saturated heterocycles. The minimum atomic E-state index is 0. The second-order valence-corrected chi connectivity index (χ2v) is 8.92. The molecule has 0 bridgehead atoms. The second kappa shape index (κ2) is 8.46. The summed E-state index contributed by atoms with van der Waals surface area (Å²) in [6.45, 7) is 3.95. The number of hydrogen-bond donors (Lipinski definition) is 3. The average Bonchev–Trinajstić information content (AvgIpc) is 3.43. The van der Waals surface area contributed by atoms with Crippen LogP contribution in [-0.2, 0) is 11.2 Å². The Kier molecular flexibility index (Phi) is 6.11. The fraction of sp³-hybridized carbons (Fsp3) is 0.609. The number of H-pyrrole nitrogens is 1. The minimum absolute atomic E-state index is 0. The Morgan fingerprint density at radius 3 is 2.93 bits per heavy atom. The third-order valence-corrected chi connectivity index (χ3v) is 7.41. The lowest BCUT2D eigenvalue weighted by Gasteiger charge is -2.57. The van der Waals surface area contributed by atoms with E-state index in [2.05, 4.69) is 51.9 Å². The van der Waals surface area contributed by atoms with Crippen molar-refractivity contribution in [1.82, 2.24) is 15.6 Å². The van der Waals surface area contributed by atoms with Crippen molar-refractivity contribution in [2.75, 3.05) is 20.2 Å². The Balaban J connectivity index is 0.00000205. The number of hydrogen-bond acceptors (Lipinski definition) is 2. The van der Waals surface area contributed by atoms with Crippen LogP contribution >= 0.6 is 24.0 Å². The van der Waals surface area contributed by atoms with E-state index in [0.717, 1.165) is 25.5 Å². The van der Waals surface area contributed by atoms with Crippen LogP contribution in [0.3, 0.4) is 0 Å². The van der Waals surface area contributed by atoms with Gasteiger partial charge in [0.15, 0.2) is 5.96 Å². The molecule has 5 rings (SSSR count). The predicted octanol–water partition coefficient (Wildman–Crippen LogP) is 4.15. The summed E-state index contributed by atoms with van der Waals surface area (Å²) in [5.41, 5.74) is 4.23. The SMILES string of the molecule is CN=C(NCCc1c[nH]c2cc(C)ccc12)NC1C2CCOC2C12CCCC2.I. The van der Waals surface area contributed by atoms with E-state index in [1.807, 2.05) is 7.05 Å². The van der Waals surface area contributed by atoms with Gasteiger partial charge in [-0.15, -0.1) is 24.0 Å². The molecule has 2 aromatic rings. The van der Waals surface area contributed by atoms with Gasteiger partial charge in [0.05, 0.1) is 6.10 Å². The molecule has 158 valence electrons. The first-order valence-corrected chi connectivity index (χ1v) is 10.9. The second-order valence-electron chi connectivity index (χ2n) is 8.92. The Labute approximate surface area is 190 Å². The molecule has 5 nitrogen and oxygen atoms in total. The molecule has 3 unspecified atom stereocenters. The number of aliphatic imine (C=N–C) groups is 1. The van der Waals surface area contributed by atoms with Crippen molar-refractivity contribution in [3.8, 4) is 0 Å². The topological polar surface area (TPSA) is 61.4 Å². The van der Waals surface area contributed by atoms with Crippen LogP contribution in [0.1, 0.15) is 43.2 Å². The Hall–Kier alpha value is -1.28. The van der Waals surface area contributed by atoms with E-state index in [9.17, 15) is 0 Å². The molecule has 3 atom stereocenters. The summed E-state index contributed by atoms with van der Waals surface area (Å²) in [4.78, 5) is 7.92. The lowest BCUT2D eigenvalue weighted by molar-refractivity contribution is -0.125. The number of nitrogens with one attached hydrogen (secondary N) is 3. The highest BCUT2D eigenvalue weighted by atomic mass is 127. The summed E-state index contributed by atoms with van der Waals surface area (Å²) in [6.07, 6.45) is 10.1. The number of fused-ring (bicyclic) bond motifs is 3. The van der Waals surface area contributed by atoms with Crippen LogP contribution in [0.25, 0.3) is 10.9 Å². The average molecular weight is 508 g/mol. The Morgan fingerprint density at radius 1 is 1.31 bits per heavy atom. The maximum absolute atomic E-state index is 6.11. The molecule has 3 N–H and O–H groups in total. The number of ether oxygens (including phenoxy) is 1. The summed E-state index contributed by atoms with van der Waals surface area (Å²) >= 11 is 0. The standard InChI is InChI=1S/C23H32N4O.HI/c1-15-5-6-17-16(14-26-19(17)13-15)7-11-25-22(24-2)27-20-18-8-12-28-21(18)23(20)9-3-4-10-23;/h5-6,13-14,18,20-21,26H,3-4,7-12H2,1-2H3,(H2,24,25,27);1H. The largest absolute Gasteiger partial charge is 0.377 e. The third-order valence-electron chi connectivity index (χ3n) is 7.41. The molecular formula is C23H33IN4O. The molecule has 1 aromatic heterocycles. The smallest absolute Gasteiger partial charge is 0.191 e. The normalized spacial score (nSPS) is 27.5. The van der Waals surface area contributed by atoms with Gasteiger partial charge >= 0.3 is 0 Å². The van der Waals surface area contributed by atoms with Gasteiger partial charge in [0, 0.05) is 54.7 Å². The van der Waals surface area contributed by atoms with E-state index < -0.39 is 0 Å². The summed E-state index contributed by atoms with van der Waals surface area (Å²) in [5, 5.41) is 8.66. The molecule has 0 radical (unpaired) electrons. The molecular weight excluding hydrogens is 475 g/mol. The van der Waals surface area contributed by atoms with Crippen LogP contribution in [0, 0.1) is 18.3 Å². The summed E-state index contributed by atoms with van der Waals surface area (Å²) in [5.74, 6) is 1.60. The number of nitrogens with zero attached hydrogens (tertiary/aromatic N) is 1. The number of benzene rings is 1. The van der Waals surface area contributed by atoms with Gasteiger partial charge in [-0.3, -0.25) is 4.99 Å². The van der Waals surface area contributed by atoms with Crippen molar-refractivity contribution >= 4 is 40.8 Å². The molecule has 3 aliphatic rings. The minimum Gasteiger partial charge on any atom is -0.377 e. The van der Waals surface area contributed by atoms with Crippen LogP contribution in [0.5, 0.6) is 0 Å². The van der Waals surface area contributed by atoms with Gasteiger partial charge in [0.25, 0.3) is 0 Å². The van der Waals surface area contributed by atoms with Crippen molar-refractivity contribution in [3.63, 3.8) is 0 Å². The zero-order chi connectivity index (χ0) is 19.1. The van der Waals surface area contributed by atoms with Gasteiger partial charge in [0.2, 0.25) is 0 Å². The zero-order valence-electron chi connectivity index (χ0n) is 17.5. The highest BCUT2D eigenvalue weighted by Gasteiger charge is 2.65. The van der Waals surface area contributed by atoms with E-state index in [0.29, 0.717) is 23.5 Å². The number of halogens is 1. The molecule has 6 heteroatoms. The van der Waals surface area contributed by atoms with Crippen LogP contribution < -0.4 is 10.6 Å². The fourth-order valence-electron chi connectivity index (χ4n) is 6.07. The molecule has 1 aromatic carbocycles. The van der Waals surface area contributed by atoms with Gasteiger partial charge in [-0.2, -0.15) is 0 Å². The Morgan fingerprint density at radius 2 is 2.14 bits per heavy atom. The molecule has 0 amide bonds. The lowest BCUT2D eigenvalue weighted by Crippen LogP contribution is -2.69. The van der Waals surface area contributed by atoms with Crippen molar-refractivity contribution in [3.05, 3.63) is 35.5 Å². The van der Waals surface area contributed by atoms with E-state index >= 15 is 0 Å². The third kappa shape index (κ3) is 3.56. The molecule has 29 heavy (non-hydrogen) atoms. The lowest BCUT2D eigenvalue weighted by atomic mass is 9.54. The number of aryl methyl sites for hydroxylation is 1. The summed E-state index contributed by atoms with van der Waals surface area (Å²) < 4.78 is 6.11. The summed E-state index contributed by atoms with van der Waals surface area (Å²) in [7, 11) is 1.88. The van der Waals surface area contributed by atoms with Crippen LogP contribution in [0.2, 0.25) is 0 Å². The first-order chi connectivity index (χ1) is 13.7. The number of aromatic amines is 1. The number of rotatable bonds is 4. The highest BCUT2D eigenvalue weighted by Crippen LogP contribution is 2.60. The summed E-state index contributed by atoms with van der Waals surface area (Å²) in [6, 6.07) is 7.14. The van der Waals surface area contributed by atoms with E-state index in [-0.39, 0.29) is 24.0 Å². The maximum atomic E-state index is 6.11. The molecule has 2 aliphatic carbocycles. The maximum Gasteiger partial charge on any atom is 0.191 e. The van der Waals surface area contributed by atoms with Gasteiger partial charge in [0.1, 0.15) is 0 Å². The van der Waals surface area contributed by atoms with Crippen LogP contribution in [-0.4, -0.2) is 43.3 Å². The number of guanidine groups is 1. The van der Waals surface area contributed by atoms with Crippen molar-refractivity contribution in [2.24, 2.45) is 16.3 Å². The molecule has 1 aliphatic heterocycles. The molecule has 2 saturated carbocycles. The monoisotopic (exact) mass is 508 g/mol. The van der Waals surface area contributed by atoms with Gasteiger partial charge < -0.3 is 20.4 Å². The van der Waals surface area contributed by atoms with Gasteiger partial charge in [-0.1, -0.05) is 25.0 Å². The Bertz CT molecular complexity index is 886. The number of aromatic nitrogens is 1.